The summed E-state index contributed by atoms with van der Waals surface area (Å²) < 4.78 is 26.1. The molecule has 19 heavy (non-hydrogen) atoms. The molecule has 0 aliphatic carbocycles. The highest BCUT2D eigenvalue weighted by atomic mass is 35.5. The SMILES string of the molecule is CC(O)C1CCN(S(=O)(=O)c2cnc(N)c(Cl)c2)C1. The van der Waals surface area contributed by atoms with E-state index >= 15 is 0 Å². The topological polar surface area (TPSA) is 96.5 Å². The Bertz CT molecular complexity index is 577. The van der Waals surface area contributed by atoms with Crippen molar-refractivity contribution in [2.45, 2.75) is 24.3 Å². The fourth-order valence-corrected chi connectivity index (χ4v) is 3.80. The molecular weight excluding hydrogens is 290 g/mol. The van der Waals surface area contributed by atoms with E-state index in [0.717, 1.165) is 0 Å². The first kappa shape index (κ1) is 14.5. The second kappa shape index (κ2) is 5.24. The van der Waals surface area contributed by atoms with Crippen molar-refractivity contribution < 1.29 is 13.5 Å². The fraction of sp³-hybridized carbons (Fsp3) is 0.545. The van der Waals surface area contributed by atoms with Crippen LogP contribution < -0.4 is 5.73 Å². The molecule has 3 N–H and O–H groups in total. The molecule has 1 saturated heterocycles. The van der Waals surface area contributed by atoms with E-state index in [0.29, 0.717) is 19.5 Å². The summed E-state index contributed by atoms with van der Waals surface area (Å²) in [4.78, 5) is 3.79. The Labute approximate surface area is 117 Å². The van der Waals surface area contributed by atoms with Gasteiger partial charge in [-0.1, -0.05) is 11.6 Å². The van der Waals surface area contributed by atoms with Crippen LogP contribution in [0.15, 0.2) is 17.2 Å². The van der Waals surface area contributed by atoms with Crippen LogP contribution >= 0.6 is 11.6 Å². The van der Waals surface area contributed by atoms with Gasteiger partial charge in [0.05, 0.1) is 11.1 Å². The van der Waals surface area contributed by atoms with Crippen molar-refractivity contribution in [1.82, 2.24) is 9.29 Å². The smallest absolute Gasteiger partial charge is 0.244 e. The molecular formula is C11H16ClN3O3S. The van der Waals surface area contributed by atoms with Crippen LogP contribution in [-0.2, 0) is 10.0 Å². The molecule has 1 aromatic rings. The maximum absolute atomic E-state index is 12.4. The molecule has 8 heteroatoms. The number of anilines is 1. The Morgan fingerprint density at radius 3 is 2.84 bits per heavy atom. The number of aliphatic hydroxyl groups excluding tert-OH is 1. The highest BCUT2D eigenvalue weighted by molar-refractivity contribution is 7.89. The third kappa shape index (κ3) is 2.84. The molecule has 0 radical (unpaired) electrons. The average Bonchev–Trinajstić information content (AvgIpc) is 2.82. The number of hydrogen-bond acceptors (Lipinski definition) is 5. The van der Waals surface area contributed by atoms with Crippen molar-refractivity contribution in [2.75, 3.05) is 18.8 Å². The summed E-state index contributed by atoms with van der Waals surface area (Å²) in [7, 11) is -3.62. The van der Waals surface area contributed by atoms with Crippen molar-refractivity contribution in [3.63, 3.8) is 0 Å². The number of nitrogens with two attached hydrogens (primary N) is 1. The molecule has 0 bridgehead atoms. The van der Waals surface area contributed by atoms with E-state index in [1.807, 2.05) is 0 Å². The van der Waals surface area contributed by atoms with Crippen molar-refractivity contribution in [1.29, 1.82) is 0 Å². The molecule has 6 nitrogen and oxygen atoms in total. The lowest BCUT2D eigenvalue weighted by atomic mass is 10.0. The Morgan fingerprint density at radius 1 is 1.63 bits per heavy atom. The quantitative estimate of drug-likeness (QED) is 0.857. The summed E-state index contributed by atoms with van der Waals surface area (Å²) in [5, 5.41) is 9.63. The van der Waals surface area contributed by atoms with Gasteiger partial charge >= 0.3 is 0 Å². The van der Waals surface area contributed by atoms with Gasteiger partial charge in [0.2, 0.25) is 10.0 Å². The summed E-state index contributed by atoms with van der Waals surface area (Å²) in [5.41, 5.74) is 5.46. The van der Waals surface area contributed by atoms with Crippen molar-refractivity contribution >= 4 is 27.4 Å². The van der Waals surface area contributed by atoms with Crippen LogP contribution in [0.3, 0.4) is 0 Å². The Hall–Kier alpha value is -0.890. The van der Waals surface area contributed by atoms with Gasteiger partial charge in [-0.05, 0) is 25.3 Å². The summed E-state index contributed by atoms with van der Waals surface area (Å²) in [6.45, 7) is 2.37. The van der Waals surface area contributed by atoms with E-state index in [-0.39, 0.29) is 21.7 Å². The van der Waals surface area contributed by atoms with Crippen molar-refractivity contribution in [2.24, 2.45) is 5.92 Å². The van der Waals surface area contributed by atoms with Crippen LogP contribution in [0.1, 0.15) is 13.3 Å². The third-order valence-corrected chi connectivity index (χ3v) is 5.49. The highest BCUT2D eigenvalue weighted by Crippen LogP contribution is 2.28. The van der Waals surface area contributed by atoms with Gasteiger partial charge in [-0.25, -0.2) is 13.4 Å². The van der Waals surface area contributed by atoms with Crippen LogP contribution in [0.25, 0.3) is 0 Å². The Morgan fingerprint density at radius 2 is 2.32 bits per heavy atom. The minimum absolute atomic E-state index is 0.0259. The fourth-order valence-electron chi connectivity index (χ4n) is 2.09. The van der Waals surface area contributed by atoms with E-state index in [4.69, 9.17) is 17.3 Å². The zero-order chi connectivity index (χ0) is 14.2. The molecule has 1 aliphatic heterocycles. The van der Waals surface area contributed by atoms with E-state index in [9.17, 15) is 13.5 Å². The summed E-state index contributed by atoms with van der Waals surface area (Å²) in [6.07, 6.45) is 1.33. The molecule has 2 atom stereocenters. The molecule has 0 aromatic carbocycles. The molecule has 2 heterocycles. The second-order valence-corrected chi connectivity index (χ2v) is 7.04. The van der Waals surface area contributed by atoms with Crippen molar-refractivity contribution in [3.05, 3.63) is 17.3 Å². The molecule has 2 rings (SSSR count). The van der Waals surface area contributed by atoms with E-state index in [2.05, 4.69) is 4.98 Å². The number of aromatic nitrogens is 1. The number of hydrogen-bond donors (Lipinski definition) is 2. The van der Waals surface area contributed by atoms with E-state index in [1.54, 1.807) is 6.92 Å². The largest absolute Gasteiger partial charge is 0.393 e. The summed E-state index contributed by atoms with van der Waals surface area (Å²) >= 11 is 5.80. The van der Waals surface area contributed by atoms with Gasteiger partial charge in [0.1, 0.15) is 10.7 Å². The number of nitrogen functional groups attached to an aromatic ring is 1. The zero-order valence-electron chi connectivity index (χ0n) is 10.5. The maximum atomic E-state index is 12.4. The van der Waals surface area contributed by atoms with Gasteiger partial charge in [-0.2, -0.15) is 4.31 Å². The van der Waals surface area contributed by atoms with Crippen molar-refractivity contribution in [3.8, 4) is 0 Å². The zero-order valence-corrected chi connectivity index (χ0v) is 12.0. The standard InChI is InChI=1S/C11H16ClN3O3S/c1-7(16)8-2-3-15(6-8)19(17,18)9-4-10(12)11(13)14-5-9/h4-5,7-8,16H,2-3,6H2,1H3,(H2,13,14). The van der Waals surface area contributed by atoms with Gasteiger partial charge in [0, 0.05) is 19.3 Å². The van der Waals surface area contributed by atoms with Crippen LogP contribution in [-0.4, -0.2) is 42.0 Å². The summed E-state index contributed by atoms with van der Waals surface area (Å²) in [5.74, 6) is 0.0656. The van der Waals surface area contributed by atoms with Crippen LogP contribution in [0.4, 0.5) is 5.82 Å². The predicted octanol–water partition coefficient (Wildman–Crippen LogP) is 0.709. The van der Waals surface area contributed by atoms with Crippen LogP contribution in [0.2, 0.25) is 5.02 Å². The first-order chi connectivity index (χ1) is 8.82. The normalized spacial score (nSPS) is 22.6. The lowest BCUT2D eigenvalue weighted by molar-refractivity contribution is 0.133. The van der Waals surface area contributed by atoms with Crippen LogP contribution in [0, 0.1) is 5.92 Å². The van der Waals surface area contributed by atoms with Gasteiger partial charge < -0.3 is 10.8 Å². The van der Waals surface area contributed by atoms with E-state index < -0.39 is 16.1 Å². The average molecular weight is 306 g/mol. The first-order valence-electron chi connectivity index (χ1n) is 5.91. The monoisotopic (exact) mass is 305 g/mol. The minimum Gasteiger partial charge on any atom is -0.393 e. The highest BCUT2D eigenvalue weighted by Gasteiger charge is 2.34. The molecule has 1 aliphatic rings. The number of aliphatic hydroxyl groups is 1. The number of nitrogens with zero attached hydrogens (tertiary/aromatic N) is 2. The molecule has 0 spiro atoms. The molecule has 0 saturated carbocycles. The van der Waals surface area contributed by atoms with E-state index in [1.165, 1.54) is 16.6 Å². The molecule has 0 amide bonds. The maximum Gasteiger partial charge on any atom is 0.244 e. The third-order valence-electron chi connectivity index (χ3n) is 3.35. The van der Waals surface area contributed by atoms with Gasteiger partial charge in [0.25, 0.3) is 0 Å². The number of rotatable bonds is 3. The molecule has 2 unspecified atom stereocenters. The lowest BCUT2D eigenvalue weighted by Gasteiger charge is -2.17. The molecule has 1 fully saturated rings. The van der Waals surface area contributed by atoms with Gasteiger partial charge in [0.15, 0.2) is 0 Å². The second-order valence-electron chi connectivity index (χ2n) is 4.69. The number of pyridine rings is 1. The minimum atomic E-state index is -3.62. The van der Waals surface area contributed by atoms with Gasteiger partial charge in [-0.3, -0.25) is 0 Å². The first-order valence-corrected chi connectivity index (χ1v) is 7.73. The Kier molecular flexibility index (Phi) is 4.00. The predicted molar refractivity (Wildman–Crippen MR) is 72.2 cm³/mol. The van der Waals surface area contributed by atoms with Gasteiger partial charge in [-0.15, -0.1) is 0 Å². The summed E-state index contributed by atoms with van der Waals surface area (Å²) in [6, 6.07) is 1.30. The Balaban J connectivity index is 2.26. The van der Waals surface area contributed by atoms with Crippen LogP contribution in [0.5, 0.6) is 0 Å². The molecule has 106 valence electrons. The lowest BCUT2D eigenvalue weighted by Crippen LogP contribution is -2.30. The molecule has 1 aromatic heterocycles. The number of sulfonamides is 1. The number of halogens is 1.